The van der Waals surface area contributed by atoms with Crippen LogP contribution in [0.2, 0.25) is 0 Å². The monoisotopic (exact) mass is 385 g/mol. The Morgan fingerprint density at radius 1 is 1.36 bits per heavy atom. The molecule has 0 bridgehead atoms. The predicted molar refractivity (Wildman–Crippen MR) is 68.6 cm³/mol. The standard InChI is InChI=1S/C9H10Br3NO/c1-4(13)2-5-6(10)3-7(11)9(14)8(5)12/h3-4,14H,2,13H2,1H3. The minimum Gasteiger partial charge on any atom is -0.506 e. The van der Waals surface area contributed by atoms with Gasteiger partial charge in [-0.15, -0.1) is 0 Å². The van der Waals surface area contributed by atoms with Gasteiger partial charge in [0.2, 0.25) is 0 Å². The lowest BCUT2D eigenvalue weighted by atomic mass is 10.1. The quantitative estimate of drug-likeness (QED) is 0.814. The third-order valence-corrected chi connectivity index (χ3v) is 3.93. The van der Waals surface area contributed by atoms with Gasteiger partial charge < -0.3 is 10.8 Å². The van der Waals surface area contributed by atoms with Crippen LogP contribution in [-0.2, 0) is 6.42 Å². The summed E-state index contributed by atoms with van der Waals surface area (Å²) in [5.74, 6) is 0.212. The van der Waals surface area contributed by atoms with E-state index in [9.17, 15) is 5.11 Å². The van der Waals surface area contributed by atoms with Crippen LogP contribution in [0.4, 0.5) is 0 Å². The van der Waals surface area contributed by atoms with Crippen molar-refractivity contribution in [1.82, 2.24) is 0 Å². The molecule has 1 atom stereocenters. The summed E-state index contributed by atoms with van der Waals surface area (Å²) < 4.78 is 2.28. The SMILES string of the molecule is CC(N)Cc1c(Br)cc(Br)c(O)c1Br. The van der Waals surface area contributed by atoms with Crippen LogP contribution in [0.3, 0.4) is 0 Å². The van der Waals surface area contributed by atoms with Gasteiger partial charge in [-0.05, 0) is 56.8 Å². The van der Waals surface area contributed by atoms with Crippen molar-refractivity contribution in [3.63, 3.8) is 0 Å². The highest BCUT2D eigenvalue weighted by Crippen LogP contribution is 2.39. The maximum absolute atomic E-state index is 9.67. The van der Waals surface area contributed by atoms with E-state index < -0.39 is 0 Å². The van der Waals surface area contributed by atoms with Crippen molar-refractivity contribution in [3.8, 4) is 5.75 Å². The molecule has 1 unspecified atom stereocenters. The summed E-state index contributed by atoms with van der Waals surface area (Å²) >= 11 is 10.0. The Hall–Kier alpha value is 0.420. The summed E-state index contributed by atoms with van der Waals surface area (Å²) in [4.78, 5) is 0. The van der Waals surface area contributed by atoms with Crippen LogP contribution in [-0.4, -0.2) is 11.1 Å². The predicted octanol–water partition coefficient (Wildman–Crippen LogP) is 3.57. The Morgan fingerprint density at radius 3 is 2.43 bits per heavy atom. The average molecular weight is 388 g/mol. The Kier molecular flexibility index (Phi) is 4.43. The van der Waals surface area contributed by atoms with Gasteiger partial charge in [-0.3, -0.25) is 0 Å². The van der Waals surface area contributed by atoms with Gasteiger partial charge in [0, 0.05) is 10.5 Å². The second-order valence-corrected chi connectivity index (χ2v) is 5.66. The first-order valence-corrected chi connectivity index (χ1v) is 6.42. The molecule has 78 valence electrons. The van der Waals surface area contributed by atoms with Crippen molar-refractivity contribution < 1.29 is 5.11 Å². The van der Waals surface area contributed by atoms with Crippen molar-refractivity contribution in [1.29, 1.82) is 0 Å². The number of hydrogen-bond donors (Lipinski definition) is 2. The molecule has 5 heteroatoms. The number of phenolic OH excluding ortho intramolecular Hbond substituents is 1. The number of benzene rings is 1. The van der Waals surface area contributed by atoms with E-state index in [0.717, 1.165) is 10.0 Å². The van der Waals surface area contributed by atoms with Crippen LogP contribution < -0.4 is 5.73 Å². The minimum absolute atomic E-state index is 0.0585. The van der Waals surface area contributed by atoms with Gasteiger partial charge in [0.25, 0.3) is 0 Å². The molecular weight excluding hydrogens is 378 g/mol. The number of hydrogen-bond acceptors (Lipinski definition) is 2. The van der Waals surface area contributed by atoms with Crippen molar-refractivity contribution in [3.05, 3.63) is 25.0 Å². The third kappa shape index (κ3) is 2.72. The first kappa shape index (κ1) is 12.5. The van der Waals surface area contributed by atoms with E-state index in [1.807, 2.05) is 13.0 Å². The molecule has 1 aromatic carbocycles. The van der Waals surface area contributed by atoms with Crippen LogP contribution in [0.15, 0.2) is 19.5 Å². The van der Waals surface area contributed by atoms with E-state index in [-0.39, 0.29) is 11.8 Å². The normalized spacial score (nSPS) is 12.9. The summed E-state index contributed by atoms with van der Waals surface area (Å²) in [7, 11) is 0. The average Bonchev–Trinajstić information content (AvgIpc) is 2.09. The molecule has 0 aliphatic heterocycles. The second-order valence-electron chi connectivity index (χ2n) is 3.16. The molecule has 0 aromatic heterocycles. The topological polar surface area (TPSA) is 46.2 Å². The first-order valence-electron chi connectivity index (χ1n) is 4.04. The zero-order valence-corrected chi connectivity index (χ0v) is 12.3. The van der Waals surface area contributed by atoms with Crippen LogP contribution in [0, 0.1) is 0 Å². The van der Waals surface area contributed by atoms with Gasteiger partial charge >= 0.3 is 0 Å². The summed E-state index contributed by atoms with van der Waals surface area (Å²) in [6.07, 6.45) is 0.710. The largest absolute Gasteiger partial charge is 0.506 e. The maximum Gasteiger partial charge on any atom is 0.144 e. The summed E-state index contributed by atoms with van der Waals surface area (Å²) in [6.45, 7) is 1.93. The van der Waals surface area contributed by atoms with Gasteiger partial charge in [0.15, 0.2) is 0 Å². The highest BCUT2D eigenvalue weighted by molar-refractivity contribution is 9.11. The zero-order valence-electron chi connectivity index (χ0n) is 7.52. The molecule has 0 aliphatic rings. The highest BCUT2D eigenvalue weighted by Gasteiger charge is 2.14. The molecule has 0 spiro atoms. The first-order chi connectivity index (χ1) is 6.43. The Balaban J connectivity index is 3.22. The molecule has 0 heterocycles. The van der Waals surface area contributed by atoms with Crippen molar-refractivity contribution in [2.75, 3.05) is 0 Å². The van der Waals surface area contributed by atoms with Crippen LogP contribution in [0.25, 0.3) is 0 Å². The molecule has 1 rings (SSSR count). The van der Waals surface area contributed by atoms with Gasteiger partial charge in [-0.1, -0.05) is 15.9 Å². The third-order valence-electron chi connectivity index (χ3n) is 1.77. The number of phenols is 1. The van der Waals surface area contributed by atoms with Crippen LogP contribution >= 0.6 is 47.8 Å². The summed E-state index contributed by atoms with van der Waals surface area (Å²) in [5, 5.41) is 9.67. The van der Waals surface area contributed by atoms with Crippen molar-refractivity contribution in [2.24, 2.45) is 5.73 Å². The van der Waals surface area contributed by atoms with Crippen LogP contribution in [0.1, 0.15) is 12.5 Å². The molecule has 0 saturated heterocycles. The Bertz CT molecular complexity index is 352. The van der Waals surface area contributed by atoms with E-state index in [0.29, 0.717) is 15.4 Å². The summed E-state index contributed by atoms with van der Waals surface area (Å²) in [6, 6.07) is 1.88. The number of aromatic hydroxyl groups is 1. The molecule has 0 amide bonds. The lowest BCUT2D eigenvalue weighted by Crippen LogP contribution is -2.18. The molecule has 0 fully saturated rings. The fraction of sp³-hybridized carbons (Fsp3) is 0.333. The van der Waals surface area contributed by atoms with Gasteiger partial charge in [-0.2, -0.15) is 0 Å². The van der Waals surface area contributed by atoms with Gasteiger partial charge in [0.1, 0.15) is 5.75 Å². The summed E-state index contributed by atoms with van der Waals surface area (Å²) in [5.41, 5.74) is 6.70. The molecule has 1 aromatic rings. The molecule has 0 aliphatic carbocycles. The molecule has 3 N–H and O–H groups in total. The van der Waals surface area contributed by atoms with E-state index >= 15 is 0 Å². The Morgan fingerprint density at radius 2 is 1.93 bits per heavy atom. The van der Waals surface area contributed by atoms with Gasteiger partial charge in [-0.25, -0.2) is 0 Å². The van der Waals surface area contributed by atoms with E-state index in [2.05, 4.69) is 47.8 Å². The second kappa shape index (κ2) is 4.96. The van der Waals surface area contributed by atoms with Crippen molar-refractivity contribution in [2.45, 2.75) is 19.4 Å². The molecular formula is C9H10Br3NO. The molecule has 0 saturated carbocycles. The van der Waals surface area contributed by atoms with E-state index in [1.165, 1.54) is 0 Å². The minimum atomic E-state index is 0.0585. The van der Waals surface area contributed by atoms with Gasteiger partial charge in [0.05, 0.1) is 8.95 Å². The molecule has 2 nitrogen and oxygen atoms in total. The molecule has 0 radical (unpaired) electrons. The van der Waals surface area contributed by atoms with E-state index in [1.54, 1.807) is 0 Å². The lowest BCUT2D eigenvalue weighted by molar-refractivity contribution is 0.467. The fourth-order valence-corrected chi connectivity index (χ4v) is 3.57. The number of halogens is 3. The number of rotatable bonds is 2. The number of nitrogens with two attached hydrogens (primary N) is 1. The highest BCUT2D eigenvalue weighted by atomic mass is 79.9. The Labute approximate surface area is 108 Å². The smallest absolute Gasteiger partial charge is 0.144 e. The van der Waals surface area contributed by atoms with E-state index in [4.69, 9.17) is 5.73 Å². The van der Waals surface area contributed by atoms with Crippen LogP contribution in [0.5, 0.6) is 5.75 Å². The van der Waals surface area contributed by atoms with Crippen molar-refractivity contribution >= 4 is 47.8 Å². The lowest BCUT2D eigenvalue weighted by Gasteiger charge is -2.12. The molecule has 14 heavy (non-hydrogen) atoms. The zero-order chi connectivity index (χ0) is 10.9. The maximum atomic E-state index is 9.67. The fourth-order valence-electron chi connectivity index (χ4n) is 1.13.